The highest BCUT2D eigenvalue weighted by Crippen LogP contribution is 2.35. The maximum Gasteiger partial charge on any atom is 0.0522 e. The SMILES string of the molecule is CC(C)(CO)c1ccc(CC2(N)CC2)cc1. The lowest BCUT2D eigenvalue weighted by Crippen LogP contribution is -2.25. The van der Waals surface area contributed by atoms with Gasteiger partial charge < -0.3 is 10.8 Å². The predicted molar refractivity (Wildman–Crippen MR) is 66.4 cm³/mol. The van der Waals surface area contributed by atoms with Crippen molar-refractivity contribution in [1.82, 2.24) is 0 Å². The van der Waals surface area contributed by atoms with Crippen molar-refractivity contribution < 1.29 is 5.11 Å². The third kappa shape index (κ3) is 2.45. The maximum absolute atomic E-state index is 9.29. The zero-order valence-corrected chi connectivity index (χ0v) is 10.2. The highest BCUT2D eigenvalue weighted by atomic mass is 16.3. The Labute approximate surface area is 97.5 Å². The van der Waals surface area contributed by atoms with E-state index in [0.717, 1.165) is 19.3 Å². The summed E-state index contributed by atoms with van der Waals surface area (Å²) in [6.07, 6.45) is 3.28. The minimum absolute atomic E-state index is 0.0774. The van der Waals surface area contributed by atoms with Gasteiger partial charge in [0.15, 0.2) is 0 Å². The van der Waals surface area contributed by atoms with E-state index in [9.17, 15) is 5.11 Å². The summed E-state index contributed by atoms with van der Waals surface area (Å²) in [6, 6.07) is 8.49. The lowest BCUT2D eigenvalue weighted by molar-refractivity contribution is 0.218. The first-order valence-corrected chi connectivity index (χ1v) is 5.94. The van der Waals surface area contributed by atoms with Crippen LogP contribution in [-0.4, -0.2) is 17.3 Å². The summed E-state index contributed by atoms with van der Waals surface area (Å²) < 4.78 is 0. The van der Waals surface area contributed by atoms with Gasteiger partial charge in [0.1, 0.15) is 0 Å². The molecule has 1 aromatic carbocycles. The van der Waals surface area contributed by atoms with Gasteiger partial charge in [0, 0.05) is 11.0 Å². The van der Waals surface area contributed by atoms with Crippen LogP contribution >= 0.6 is 0 Å². The first-order valence-electron chi connectivity index (χ1n) is 5.94. The second kappa shape index (κ2) is 3.86. The second-order valence-corrected chi connectivity index (χ2v) is 5.78. The first kappa shape index (κ1) is 11.6. The molecule has 0 atom stereocenters. The van der Waals surface area contributed by atoms with Gasteiger partial charge >= 0.3 is 0 Å². The summed E-state index contributed by atoms with van der Waals surface area (Å²) in [5, 5.41) is 9.29. The summed E-state index contributed by atoms with van der Waals surface area (Å²) >= 11 is 0. The van der Waals surface area contributed by atoms with Crippen LogP contribution in [0, 0.1) is 0 Å². The second-order valence-electron chi connectivity index (χ2n) is 5.78. The van der Waals surface area contributed by atoms with Gasteiger partial charge in [-0.15, -0.1) is 0 Å². The number of nitrogens with two attached hydrogens (primary N) is 1. The fraction of sp³-hybridized carbons (Fsp3) is 0.571. The molecule has 88 valence electrons. The van der Waals surface area contributed by atoms with Crippen LogP contribution in [0.15, 0.2) is 24.3 Å². The molecule has 1 aliphatic rings. The van der Waals surface area contributed by atoms with E-state index in [0.29, 0.717) is 0 Å². The van der Waals surface area contributed by atoms with Gasteiger partial charge in [-0.25, -0.2) is 0 Å². The number of hydrogen-bond acceptors (Lipinski definition) is 2. The van der Waals surface area contributed by atoms with Crippen LogP contribution in [0.2, 0.25) is 0 Å². The van der Waals surface area contributed by atoms with E-state index in [2.05, 4.69) is 24.3 Å². The molecule has 0 saturated heterocycles. The van der Waals surface area contributed by atoms with Crippen LogP contribution in [0.5, 0.6) is 0 Å². The maximum atomic E-state index is 9.29. The Morgan fingerprint density at radius 1 is 1.25 bits per heavy atom. The van der Waals surface area contributed by atoms with Gasteiger partial charge in [-0.1, -0.05) is 38.1 Å². The first-order chi connectivity index (χ1) is 7.45. The minimum atomic E-state index is -0.154. The molecule has 0 aliphatic heterocycles. The largest absolute Gasteiger partial charge is 0.395 e. The van der Waals surface area contributed by atoms with Gasteiger partial charge in [-0.3, -0.25) is 0 Å². The predicted octanol–water partition coefficient (Wildman–Crippen LogP) is 1.99. The van der Waals surface area contributed by atoms with Crippen molar-refractivity contribution in [3.63, 3.8) is 0 Å². The molecule has 2 rings (SSSR count). The molecule has 0 unspecified atom stereocenters. The summed E-state index contributed by atoms with van der Waals surface area (Å²) in [4.78, 5) is 0. The van der Waals surface area contributed by atoms with Crippen molar-refractivity contribution in [3.05, 3.63) is 35.4 Å². The highest BCUT2D eigenvalue weighted by Gasteiger charge is 2.37. The fourth-order valence-electron chi connectivity index (χ4n) is 1.91. The van der Waals surface area contributed by atoms with E-state index in [4.69, 9.17) is 5.73 Å². The van der Waals surface area contributed by atoms with E-state index in [1.165, 1.54) is 11.1 Å². The van der Waals surface area contributed by atoms with Crippen LogP contribution in [-0.2, 0) is 11.8 Å². The topological polar surface area (TPSA) is 46.2 Å². The van der Waals surface area contributed by atoms with E-state index < -0.39 is 0 Å². The standard InChI is InChI=1S/C14H21NO/c1-13(2,10-16)12-5-3-11(4-6-12)9-14(15)7-8-14/h3-6,16H,7-10,15H2,1-2H3. The van der Waals surface area contributed by atoms with Crippen molar-refractivity contribution in [2.45, 2.75) is 44.1 Å². The van der Waals surface area contributed by atoms with Crippen LogP contribution in [0.1, 0.15) is 37.8 Å². The summed E-state index contributed by atoms with van der Waals surface area (Å²) in [6.45, 7) is 4.27. The molecule has 0 radical (unpaired) electrons. The van der Waals surface area contributed by atoms with Crippen molar-refractivity contribution in [3.8, 4) is 0 Å². The van der Waals surface area contributed by atoms with Gasteiger partial charge in [-0.05, 0) is 30.4 Å². The fourth-order valence-corrected chi connectivity index (χ4v) is 1.91. The Morgan fingerprint density at radius 2 is 1.81 bits per heavy atom. The van der Waals surface area contributed by atoms with Crippen molar-refractivity contribution in [2.24, 2.45) is 5.73 Å². The smallest absolute Gasteiger partial charge is 0.0522 e. The van der Waals surface area contributed by atoms with Gasteiger partial charge in [0.2, 0.25) is 0 Å². The molecule has 3 N–H and O–H groups in total. The molecule has 0 aromatic heterocycles. The number of rotatable bonds is 4. The Balaban J connectivity index is 2.10. The molecule has 1 aromatic rings. The van der Waals surface area contributed by atoms with Crippen LogP contribution < -0.4 is 5.73 Å². The molecule has 2 nitrogen and oxygen atoms in total. The summed E-state index contributed by atoms with van der Waals surface area (Å²) in [5.41, 5.74) is 8.50. The third-order valence-electron chi connectivity index (χ3n) is 3.58. The lowest BCUT2D eigenvalue weighted by atomic mass is 9.85. The van der Waals surface area contributed by atoms with Gasteiger partial charge in [-0.2, -0.15) is 0 Å². The van der Waals surface area contributed by atoms with E-state index in [1.54, 1.807) is 0 Å². The molecule has 0 spiro atoms. The van der Waals surface area contributed by atoms with Crippen molar-refractivity contribution in [1.29, 1.82) is 0 Å². The quantitative estimate of drug-likeness (QED) is 0.813. The van der Waals surface area contributed by atoms with Crippen LogP contribution in [0.4, 0.5) is 0 Å². The number of hydrogen-bond donors (Lipinski definition) is 2. The number of aliphatic hydroxyl groups excluding tert-OH is 1. The Hall–Kier alpha value is -0.860. The van der Waals surface area contributed by atoms with Gasteiger partial charge in [0.25, 0.3) is 0 Å². The van der Waals surface area contributed by atoms with Crippen molar-refractivity contribution in [2.75, 3.05) is 6.61 Å². The van der Waals surface area contributed by atoms with Crippen molar-refractivity contribution >= 4 is 0 Å². The molecule has 0 heterocycles. The van der Waals surface area contributed by atoms with E-state index in [-0.39, 0.29) is 17.6 Å². The Morgan fingerprint density at radius 3 is 2.25 bits per heavy atom. The molecular weight excluding hydrogens is 198 g/mol. The van der Waals surface area contributed by atoms with E-state index in [1.807, 2.05) is 13.8 Å². The molecule has 0 amide bonds. The minimum Gasteiger partial charge on any atom is -0.395 e. The Bertz CT molecular complexity index is 363. The average molecular weight is 219 g/mol. The average Bonchev–Trinajstić information content (AvgIpc) is 2.97. The molecule has 1 saturated carbocycles. The van der Waals surface area contributed by atoms with Gasteiger partial charge in [0.05, 0.1) is 6.61 Å². The Kier molecular flexibility index (Phi) is 2.81. The third-order valence-corrected chi connectivity index (χ3v) is 3.58. The van der Waals surface area contributed by atoms with E-state index >= 15 is 0 Å². The lowest BCUT2D eigenvalue weighted by Gasteiger charge is -2.22. The van der Waals surface area contributed by atoms with Crippen LogP contribution in [0.3, 0.4) is 0 Å². The van der Waals surface area contributed by atoms with Crippen LogP contribution in [0.25, 0.3) is 0 Å². The molecular formula is C14H21NO. The molecule has 2 heteroatoms. The molecule has 1 fully saturated rings. The normalized spacial score (nSPS) is 18.5. The zero-order valence-electron chi connectivity index (χ0n) is 10.2. The highest BCUT2D eigenvalue weighted by molar-refractivity contribution is 5.30. The monoisotopic (exact) mass is 219 g/mol. The molecule has 1 aliphatic carbocycles. The molecule has 16 heavy (non-hydrogen) atoms. The molecule has 0 bridgehead atoms. The number of benzene rings is 1. The zero-order chi connectivity index (χ0) is 11.8. The summed E-state index contributed by atoms with van der Waals surface area (Å²) in [5.74, 6) is 0. The summed E-state index contributed by atoms with van der Waals surface area (Å²) in [7, 11) is 0. The number of aliphatic hydroxyl groups is 1.